The van der Waals surface area contributed by atoms with E-state index in [1.807, 2.05) is 0 Å². The van der Waals surface area contributed by atoms with E-state index >= 15 is 0 Å². The number of carbonyl (C=O) groups excluding carboxylic acids is 4. The summed E-state index contributed by atoms with van der Waals surface area (Å²) in [5.74, 6) is -0.948. The first-order valence-electron chi connectivity index (χ1n) is 10.1. The fourth-order valence-corrected chi connectivity index (χ4v) is 4.32. The summed E-state index contributed by atoms with van der Waals surface area (Å²) >= 11 is 1.11. The van der Waals surface area contributed by atoms with Crippen LogP contribution in [-0.4, -0.2) is 61.2 Å². The van der Waals surface area contributed by atoms with Crippen LogP contribution in [0.5, 0.6) is 0 Å². The molecule has 0 aromatic carbocycles. The minimum atomic E-state index is -4.14. The molecule has 0 spiro atoms. The fourth-order valence-electron chi connectivity index (χ4n) is 2.32. The third-order valence-electron chi connectivity index (χ3n) is 4.17. The third-order valence-corrected chi connectivity index (χ3v) is 6.32. The molecule has 0 aromatic rings. The molecule has 1 rings (SSSR count). The summed E-state index contributed by atoms with van der Waals surface area (Å²) in [5.41, 5.74) is -1.59. The lowest BCUT2D eigenvalue weighted by Crippen LogP contribution is -2.50. The van der Waals surface area contributed by atoms with Crippen LogP contribution in [0.25, 0.3) is 0 Å². The number of carbonyl (C=O) groups is 4. The van der Waals surface area contributed by atoms with Gasteiger partial charge in [0.25, 0.3) is 0 Å². The molecule has 1 unspecified atom stereocenters. The van der Waals surface area contributed by atoms with Gasteiger partial charge in [-0.2, -0.15) is 0 Å². The molecule has 0 aliphatic carbocycles. The van der Waals surface area contributed by atoms with Crippen LogP contribution in [0.2, 0.25) is 0 Å². The van der Waals surface area contributed by atoms with Crippen molar-refractivity contribution < 1.29 is 42.1 Å². The van der Waals surface area contributed by atoms with Crippen molar-refractivity contribution in [2.75, 3.05) is 32.2 Å². The highest BCUT2D eigenvalue weighted by atomic mass is 32.2. The van der Waals surface area contributed by atoms with Crippen molar-refractivity contribution in [1.82, 2.24) is 10.6 Å². The van der Waals surface area contributed by atoms with Crippen molar-refractivity contribution in [2.24, 2.45) is 10.8 Å². The van der Waals surface area contributed by atoms with E-state index in [1.54, 1.807) is 34.6 Å². The van der Waals surface area contributed by atoms with Crippen molar-refractivity contribution in [3.05, 3.63) is 0 Å². The molecule has 0 saturated carbocycles. The van der Waals surface area contributed by atoms with Crippen LogP contribution >= 0.6 is 19.6 Å². The number of phosphoric acid groups is 1. The van der Waals surface area contributed by atoms with Gasteiger partial charge >= 0.3 is 13.8 Å². The van der Waals surface area contributed by atoms with Gasteiger partial charge in [-0.05, 0) is 20.8 Å². The minimum absolute atomic E-state index is 0.0248. The standard InChI is InChI=1S/C19H33N2O9PS/c1-13(22)32-10-9-20-14(23)7-8-21-16(24)15-19(5,6)11-28-31(26,30-15)29-12-27-17(25)18(2,3)4/h15H,7-12H2,1-6H3,(H,20,23)(H,21,24)/t15-,31?/m0/s1. The van der Waals surface area contributed by atoms with E-state index in [9.17, 15) is 23.7 Å². The Morgan fingerprint density at radius 2 is 1.81 bits per heavy atom. The smallest absolute Gasteiger partial charge is 0.437 e. The number of amides is 2. The average molecular weight is 497 g/mol. The number of ether oxygens (including phenoxy) is 1. The Labute approximate surface area is 192 Å². The predicted octanol–water partition coefficient (Wildman–Crippen LogP) is 2.00. The Kier molecular flexibility index (Phi) is 10.8. The maximum Gasteiger partial charge on any atom is 0.478 e. The molecule has 0 bridgehead atoms. The van der Waals surface area contributed by atoms with Crippen molar-refractivity contribution in [3.8, 4) is 0 Å². The van der Waals surface area contributed by atoms with Crippen molar-refractivity contribution in [3.63, 3.8) is 0 Å². The quantitative estimate of drug-likeness (QED) is 0.199. The second-order valence-corrected chi connectivity index (χ2v) is 11.7. The first-order chi connectivity index (χ1) is 14.7. The van der Waals surface area contributed by atoms with E-state index in [0.717, 1.165) is 11.8 Å². The third kappa shape index (κ3) is 9.99. The van der Waals surface area contributed by atoms with Crippen molar-refractivity contribution in [1.29, 1.82) is 0 Å². The van der Waals surface area contributed by atoms with Crippen LogP contribution in [0.15, 0.2) is 0 Å². The minimum Gasteiger partial charge on any atom is -0.437 e. The van der Waals surface area contributed by atoms with Gasteiger partial charge in [-0.3, -0.25) is 28.2 Å². The van der Waals surface area contributed by atoms with Gasteiger partial charge < -0.3 is 15.4 Å². The Hall–Kier alpha value is -1.46. The summed E-state index contributed by atoms with van der Waals surface area (Å²) in [6.45, 7) is 9.43. The molecule has 1 aliphatic rings. The molecule has 32 heavy (non-hydrogen) atoms. The lowest BCUT2D eigenvalue weighted by molar-refractivity contribution is -0.163. The largest absolute Gasteiger partial charge is 0.478 e. The summed E-state index contributed by atoms with van der Waals surface area (Å²) < 4.78 is 33.2. The molecule has 1 heterocycles. The highest BCUT2D eigenvalue weighted by Crippen LogP contribution is 2.57. The molecule has 2 atom stereocenters. The summed E-state index contributed by atoms with van der Waals surface area (Å²) in [7, 11) is -4.14. The van der Waals surface area contributed by atoms with Gasteiger partial charge in [0.15, 0.2) is 11.2 Å². The summed E-state index contributed by atoms with van der Waals surface area (Å²) in [6, 6.07) is 0. The van der Waals surface area contributed by atoms with Gasteiger partial charge in [-0.25, -0.2) is 9.09 Å². The number of hydrogen-bond donors (Lipinski definition) is 2. The molecule has 1 aliphatic heterocycles. The van der Waals surface area contributed by atoms with E-state index < -0.39 is 43.4 Å². The van der Waals surface area contributed by atoms with Crippen LogP contribution < -0.4 is 10.6 Å². The molecule has 1 fully saturated rings. The van der Waals surface area contributed by atoms with Gasteiger partial charge in [0.05, 0.1) is 12.0 Å². The Morgan fingerprint density at radius 1 is 1.16 bits per heavy atom. The molecular formula is C19H33N2O9PS. The molecule has 11 nitrogen and oxygen atoms in total. The zero-order valence-corrected chi connectivity index (χ0v) is 21.1. The van der Waals surface area contributed by atoms with E-state index in [4.69, 9.17) is 18.3 Å². The highest BCUT2D eigenvalue weighted by Gasteiger charge is 2.49. The van der Waals surface area contributed by atoms with Gasteiger partial charge in [-0.1, -0.05) is 25.6 Å². The summed E-state index contributed by atoms with van der Waals surface area (Å²) in [6.07, 6.45) is -1.15. The van der Waals surface area contributed by atoms with Gasteiger partial charge in [0, 0.05) is 37.6 Å². The van der Waals surface area contributed by atoms with Gasteiger partial charge in [-0.15, -0.1) is 0 Å². The zero-order valence-electron chi connectivity index (χ0n) is 19.3. The van der Waals surface area contributed by atoms with E-state index in [2.05, 4.69) is 10.6 Å². The lowest BCUT2D eigenvalue weighted by atomic mass is 9.87. The van der Waals surface area contributed by atoms with Crippen LogP contribution in [0.1, 0.15) is 48.0 Å². The maximum atomic E-state index is 12.7. The van der Waals surface area contributed by atoms with Crippen LogP contribution in [0.3, 0.4) is 0 Å². The SMILES string of the molecule is CC(=O)SCCNC(=O)CCNC(=O)[C@@H]1OP(=O)(OCOC(=O)C(C)(C)C)OCC1(C)C. The zero-order chi connectivity index (χ0) is 24.6. The Bertz CT molecular complexity index is 752. The van der Waals surface area contributed by atoms with E-state index in [1.165, 1.54) is 6.92 Å². The molecular weight excluding hydrogens is 463 g/mol. The van der Waals surface area contributed by atoms with Crippen LogP contribution in [0, 0.1) is 10.8 Å². The summed E-state index contributed by atoms with van der Waals surface area (Å²) in [4.78, 5) is 47.0. The monoisotopic (exact) mass is 496 g/mol. The summed E-state index contributed by atoms with van der Waals surface area (Å²) in [5, 5.41) is 5.19. The van der Waals surface area contributed by atoms with E-state index in [-0.39, 0.29) is 30.6 Å². The molecule has 184 valence electrons. The van der Waals surface area contributed by atoms with E-state index in [0.29, 0.717) is 12.3 Å². The fraction of sp³-hybridized carbons (Fsp3) is 0.789. The molecule has 0 aromatic heterocycles. The lowest BCUT2D eigenvalue weighted by Gasteiger charge is -2.39. The number of rotatable bonds is 10. The number of nitrogens with one attached hydrogen (secondary N) is 2. The topological polar surface area (TPSA) is 146 Å². The number of hydrogen-bond acceptors (Lipinski definition) is 10. The first kappa shape index (κ1) is 28.6. The molecule has 1 saturated heterocycles. The number of esters is 1. The number of phosphoric ester groups is 1. The normalized spacial score (nSPS) is 22.6. The first-order valence-corrected chi connectivity index (χ1v) is 12.5. The van der Waals surface area contributed by atoms with Crippen LogP contribution in [0.4, 0.5) is 0 Å². The second kappa shape index (κ2) is 12.1. The molecule has 2 amide bonds. The van der Waals surface area contributed by atoms with Crippen molar-refractivity contribution in [2.45, 2.75) is 54.1 Å². The average Bonchev–Trinajstić information content (AvgIpc) is 2.66. The Morgan fingerprint density at radius 3 is 2.41 bits per heavy atom. The predicted molar refractivity (Wildman–Crippen MR) is 117 cm³/mol. The highest BCUT2D eigenvalue weighted by molar-refractivity contribution is 8.13. The molecule has 2 N–H and O–H groups in total. The Balaban J connectivity index is 2.51. The molecule has 13 heteroatoms. The van der Waals surface area contributed by atoms with Gasteiger partial charge in [0.2, 0.25) is 18.6 Å². The maximum absolute atomic E-state index is 12.7. The number of thioether (sulfide) groups is 1. The van der Waals surface area contributed by atoms with Crippen LogP contribution in [-0.2, 0) is 42.1 Å². The molecule has 0 radical (unpaired) electrons. The van der Waals surface area contributed by atoms with Gasteiger partial charge in [0.1, 0.15) is 0 Å². The second-order valence-electron chi connectivity index (χ2n) is 8.85. The van der Waals surface area contributed by atoms with Crippen molar-refractivity contribution >= 4 is 42.5 Å².